The maximum Gasteiger partial charge on any atom is 0.287 e. The number of terminal acetylenes is 4. The Morgan fingerprint density at radius 3 is 0.462 bits per heavy atom. The largest absolute Gasteiger partial charge is 0.287 e. The van der Waals surface area contributed by atoms with Crippen LogP contribution in [-0.4, -0.2) is 0 Å². The van der Waals surface area contributed by atoms with E-state index in [1.54, 1.807) is 0 Å². The van der Waals surface area contributed by atoms with Crippen molar-refractivity contribution in [1.82, 2.24) is 0 Å². The van der Waals surface area contributed by atoms with Crippen LogP contribution in [0.5, 0.6) is 0 Å². The van der Waals surface area contributed by atoms with Gasteiger partial charge in [0, 0.05) is 0 Å². The molecule has 5 heteroatoms. The molecular formula is C8H16N4P+. The highest BCUT2D eigenvalue weighted by molar-refractivity contribution is 7.66. The van der Waals surface area contributed by atoms with Crippen molar-refractivity contribution in [2.75, 3.05) is 0 Å². The summed E-state index contributed by atoms with van der Waals surface area (Å²) < 4.78 is 0. The second kappa shape index (κ2) is 46.7. The molecule has 0 aliphatic heterocycles. The molecule has 0 aliphatic rings. The summed E-state index contributed by atoms with van der Waals surface area (Å²) in [6.45, 7) is 0. The Hall–Kier alpha value is -1.49. The molecule has 0 rings (SSSR count). The van der Waals surface area contributed by atoms with E-state index in [1.165, 1.54) is 0 Å². The van der Waals surface area contributed by atoms with Crippen molar-refractivity contribution < 1.29 is 0 Å². The minimum Gasteiger partial charge on any atom is -0.159 e. The number of hydrogen-bond acceptors (Lipinski definition) is 4. The van der Waals surface area contributed by atoms with E-state index in [9.17, 15) is 0 Å². The van der Waals surface area contributed by atoms with Crippen LogP contribution in [0.1, 0.15) is 0 Å². The van der Waals surface area contributed by atoms with Crippen molar-refractivity contribution in [3.8, 4) is 51.4 Å². The van der Waals surface area contributed by atoms with Crippen molar-refractivity contribution in [2.45, 2.75) is 0 Å². The van der Waals surface area contributed by atoms with E-state index in [2.05, 4.69) is 51.4 Å². The van der Waals surface area contributed by atoms with E-state index < -0.39 is 7.87 Å². The zero-order valence-electron chi connectivity index (χ0n) is 7.38. The second-order valence-corrected chi connectivity index (χ2v) is 2.68. The molecule has 0 heterocycles. The van der Waals surface area contributed by atoms with Crippen molar-refractivity contribution in [2.24, 2.45) is 22.0 Å². The van der Waals surface area contributed by atoms with Crippen molar-refractivity contribution in [1.29, 1.82) is 0 Å². The molecule has 0 fully saturated rings. The van der Waals surface area contributed by atoms with E-state index >= 15 is 0 Å². The minimum atomic E-state index is -2.39. The SMILES string of the molecule is C#C.C#C.C#C.C#C.N[P+](N)(N)N. The molecule has 0 aromatic rings. The zero-order chi connectivity index (χ0) is 12.5. The van der Waals surface area contributed by atoms with E-state index in [1.807, 2.05) is 0 Å². The quantitative estimate of drug-likeness (QED) is 0.312. The lowest BCUT2D eigenvalue weighted by Gasteiger charge is -1.95. The van der Waals surface area contributed by atoms with Gasteiger partial charge in [0.15, 0.2) is 0 Å². The van der Waals surface area contributed by atoms with Gasteiger partial charge in [0.2, 0.25) is 0 Å². The van der Waals surface area contributed by atoms with Crippen LogP contribution in [0.25, 0.3) is 0 Å². The Labute approximate surface area is 82.0 Å². The Morgan fingerprint density at radius 1 is 0.462 bits per heavy atom. The van der Waals surface area contributed by atoms with Gasteiger partial charge in [-0.15, -0.1) is 51.4 Å². The van der Waals surface area contributed by atoms with Crippen molar-refractivity contribution >= 4 is 7.87 Å². The van der Waals surface area contributed by atoms with Gasteiger partial charge in [-0.3, -0.25) is 0 Å². The van der Waals surface area contributed by atoms with E-state index in [-0.39, 0.29) is 0 Å². The fourth-order valence-electron chi connectivity index (χ4n) is 0. The predicted octanol–water partition coefficient (Wildman–Crippen LogP) is -0.504. The van der Waals surface area contributed by atoms with Gasteiger partial charge in [-0.2, -0.15) is 22.0 Å². The first-order valence-corrected chi connectivity index (χ1v) is 4.43. The van der Waals surface area contributed by atoms with Gasteiger partial charge in [-0.1, -0.05) is 0 Å². The van der Waals surface area contributed by atoms with Crippen LogP contribution in [-0.2, 0) is 0 Å². The number of hydrogen-bond donors (Lipinski definition) is 4. The van der Waals surface area contributed by atoms with Gasteiger partial charge in [0.1, 0.15) is 0 Å². The monoisotopic (exact) mass is 199 g/mol. The van der Waals surface area contributed by atoms with Crippen LogP contribution in [0.4, 0.5) is 0 Å². The van der Waals surface area contributed by atoms with Crippen LogP contribution in [0.15, 0.2) is 0 Å². The maximum absolute atomic E-state index is 4.80. The molecule has 0 atom stereocenters. The van der Waals surface area contributed by atoms with Crippen LogP contribution < -0.4 is 22.0 Å². The van der Waals surface area contributed by atoms with Gasteiger partial charge < -0.3 is 0 Å². The third-order valence-corrected chi connectivity index (χ3v) is 0. The fraction of sp³-hybridized carbons (Fsp3) is 0. The van der Waals surface area contributed by atoms with Gasteiger partial charge in [0.25, 0.3) is 7.87 Å². The standard InChI is InChI=1S/4C2H2.H8N4P/c4*1-2;1-5(2,3)4/h4*1-2H;1-4H2/q;;;;+1. The number of rotatable bonds is 0. The highest BCUT2D eigenvalue weighted by Crippen LogP contribution is 2.13. The summed E-state index contributed by atoms with van der Waals surface area (Å²) >= 11 is 0. The molecule has 0 saturated heterocycles. The van der Waals surface area contributed by atoms with Crippen molar-refractivity contribution in [3.05, 3.63) is 0 Å². The molecule has 0 unspecified atom stereocenters. The highest BCUT2D eigenvalue weighted by Gasteiger charge is 2.08. The third-order valence-electron chi connectivity index (χ3n) is 0. The van der Waals surface area contributed by atoms with Crippen LogP contribution in [0, 0.1) is 51.4 Å². The molecule has 0 saturated carbocycles. The van der Waals surface area contributed by atoms with Crippen LogP contribution >= 0.6 is 7.87 Å². The minimum absolute atomic E-state index is 2.39. The summed E-state index contributed by atoms with van der Waals surface area (Å²) in [4.78, 5) is 0. The summed E-state index contributed by atoms with van der Waals surface area (Å²) in [5, 5.41) is 0. The average molecular weight is 199 g/mol. The molecule has 0 aromatic heterocycles. The van der Waals surface area contributed by atoms with E-state index in [4.69, 9.17) is 22.0 Å². The molecule has 8 N–H and O–H groups in total. The van der Waals surface area contributed by atoms with E-state index in [0.717, 1.165) is 0 Å². The molecule has 0 aromatic carbocycles. The summed E-state index contributed by atoms with van der Waals surface area (Å²) in [7, 11) is -2.39. The number of nitrogens with two attached hydrogens (primary N) is 4. The van der Waals surface area contributed by atoms with Crippen molar-refractivity contribution in [3.63, 3.8) is 0 Å². The predicted molar refractivity (Wildman–Crippen MR) is 63.2 cm³/mol. The summed E-state index contributed by atoms with van der Waals surface area (Å²) in [5.74, 6) is 0. The first-order valence-electron chi connectivity index (χ1n) is 2.37. The normalized spacial score (nSPS) is 5.23. The molecule has 13 heavy (non-hydrogen) atoms. The second-order valence-electron chi connectivity index (χ2n) is 0.894. The van der Waals surface area contributed by atoms with E-state index in [0.29, 0.717) is 0 Å². The highest BCUT2D eigenvalue weighted by atomic mass is 31.2. The fourth-order valence-corrected chi connectivity index (χ4v) is 0. The molecule has 0 bridgehead atoms. The molecular weight excluding hydrogens is 183 g/mol. The first kappa shape index (κ1) is 30.0. The van der Waals surface area contributed by atoms with Gasteiger partial charge >= 0.3 is 0 Å². The molecule has 0 spiro atoms. The lowest BCUT2D eigenvalue weighted by Crippen LogP contribution is -2.29. The third kappa shape index (κ3) is 343. The van der Waals surface area contributed by atoms with Gasteiger partial charge in [-0.05, 0) is 0 Å². The van der Waals surface area contributed by atoms with Gasteiger partial charge in [-0.25, -0.2) is 0 Å². The lowest BCUT2D eigenvalue weighted by atomic mass is 11.4. The Kier molecular flexibility index (Phi) is 108. The Bertz CT molecular complexity index is 108. The van der Waals surface area contributed by atoms with Crippen LogP contribution in [0.3, 0.4) is 0 Å². The molecule has 4 nitrogen and oxygen atoms in total. The van der Waals surface area contributed by atoms with Crippen LogP contribution in [0.2, 0.25) is 0 Å². The summed E-state index contributed by atoms with van der Waals surface area (Å²) in [6, 6.07) is 0. The average Bonchev–Trinajstić information content (AvgIpc) is 2.14. The molecule has 0 radical (unpaired) electrons. The Morgan fingerprint density at radius 2 is 0.462 bits per heavy atom. The summed E-state index contributed by atoms with van der Waals surface area (Å²) in [5.41, 5.74) is 19.2. The lowest BCUT2D eigenvalue weighted by molar-refractivity contribution is 1.52. The topological polar surface area (TPSA) is 104 Å². The first-order chi connectivity index (χ1) is 6.00. The molecule has 0 amide bonds. The zero-order valence-corrected chi connectivity index (χ0v) is 8.27. The molecule has 0 aliphatic carbocycles. The Balaban J connectivity index is -0.0000000230. The molecule has 72 valence electrons. The van der Waals surface area contributed by atoms with Gasteiger partial charge in [0.05, 0.1) is 0 Å². The maximum atomic E-state index is 4.80. The smallest absolute Gasteiger partial charge is 0.159 e. The summed E-state index contributed by atoms with van der Waals surface area (Å²) in [6.07, 6.45) is 32.0.